The summed E-state index contributed by atoms with van der Waals surface area (Å²) in [5, 5.41) is 14.5. The lowest BCUT2D eigenvalue weighted by atomic mass is 9.89. The molecule has 182 valence electrons. The van der Waals surface area contributed by atoms with Gasteiger partial charge < -0.3 is 20.5 Å². The van der Waals surface area contributed by atoms with Gasteiger partial charge in [-0.2, -0.15) is 0 Å². The lowest BCUT2D eigenvalue weighted by Gasteiger charge is -2.23. The van der Waals surface area contributed by atoms with Crippen LogP contribution >= 0.6 is 0 Å². The number of fused-ring (bicyclic) bond motifs is 3. The van der Waals surface area contributed by atoms with Gasteiger partial charge in [0.15, 0.2) is 0 Å². The Morgan fingerprint density at radius 2 is 1.59 bits per heavy atom. The van der Waals surface area contributed by atoms with E-state index in [1.807, 2.05) is 45.0 Å². The van der Waals surface area contributed by atoms with Crippen LogP contribution in [0.1, 0.15) is 57.1 Å². The second-order valence-corrected chi connectivity index (χ2v) is 9.86. The third-order valence-corrected chi connectivity index (χ3v) is 6.20. The standard InChI is InChI=1S/C27H34N2O5/c1-18(12-13-24(30)29-17-27(2,3)14-25(31)32)15-28-26(33)34-16-23-21-10-6-4-8-19(21)20-9-5-7-11-22(20)23/h4-11,18,23H,12-17H2,1-3H3,(H,28,33)(H,29,30)(H,31,32). The number of rotatable bonds is 11. The van der Waals surface area contributed by atoms with Crippen LogP contribution < -0.4 is 10.6 Å². The van der Waals surface area contributed by atoms with Crippen LogP contribution in [0.3, 0.4) is 0 Å². The maximum absolute atomic E-state index is 12.3. The SMILES string of the molecule is CC(CCC(=O)NCC(C)(C)CC(=O)O)CNC(=O)OCC1c2ccccc2-c2ccccc21. The predicted octanol–water partition coefficient (Wildman–Crippen LogP) is 4.56. The fourth-order valence-electron chi connectivity index (χ4n) is 4.28. The molecule has 7 nitrogen and oxygen atoms in total. The first kappa shape index (κ1) is 25.3. The molecule has 0 radical (unpaired) electrons. The van der Waals surface area contributed by atoms with Gasteiger partial charge in [0, 0.05) is 25.4 Å². The van der Waals surface area contributed by atoms with Gasteiger partial charge in [0.2, 0.25) is 5.91 Å². The largest absolute Gasteiger partial charge is 0.481 e. The Labute approximate surface area is 200 Å². The highest BCUT2D eigenvalue weighted by atomic mass is 16.5. The summed E-state index contributed by atoms with van der Waals surface area (Å²) in [4.78, 5) is 35.3. The zero-order valence-electron chi connectivity index (χ0n) is 20.1. The monoisotopic (exact) mass is 466 g/mol. The summed E-state index contributed by atoms with van der Waals surface area (Å²) in [7, 11) is 0. The molecule has 2 aromatic carbocycles. The van der Waals surface area contributed by atoms with Crippen molar-refractivity contribution in [1.29, 1.82) is 0 Å². The molecule has 0 heterocycles. The lowest BCUT2D eigenvalue weighted by Crippen LogP contribution is -2.35. The Kier molecular flexibility index (Phi) is 8.31. The number of amides is 2. The first-order valence-electron chi connectivity index (χ1n) is 11.7. The normalized spacial score (nSPS) is 13.5. The molecule has 0 aromatic heterocycles. The highest BCUT2D eigenvalue weighted by Gasteiger charge is 2.29. The quantitative estimate of drug-likeness (QED) is 0.450. The second-order valence-electron chi connectivity index (χ2n) is 9.86. The topological polar surface area (TPSA) is 105 Å². The molecule has 0 bridgehead atoms. The van der Waals surface area contributed by atoms with Crippen molar-refractivity contribution in [2.45, 2.75) is 46.0 Å². The van der Waals surface area contributed by atoms with E-state index in [0.29, 0.717) is 25.9 Å². The molecule has 0 saturated carbocycles. The number of alkyl carbamates (subject to hydrolysis) is 1. The average Bonchev–Trinajstić information content (AvgIpc) is 3.11. The summed E-state index contributed by atoms with van der Waals surface area (Å²) in [6.07, 6.45) is 0.452. The van der Waals surface area contributed by atoms with Crippen LogP contribution in [-0.4, -0.2) is 42.8 Å². The molecule has 0 fully saturated rings. The van der Waals surface area contributed by atoms with Crippen molar-refractivity contribution in [2.24, 2.45) is 11.3 Å². The van der Waals surface area contributed by atoms with Gasteiger partial charge >= 0.3 is 12.1 Å². The van der Waals surface area contributed by atoms with Gasteiger partial charge in [0.25, 0.3) is 0 Å². The average molecular weight is 467 g/mol. The molecule has 3 N–H and O–H groups in total. The van der Waals surface area contributed by atoms with E-state index in [0.717, 1.165) is 0 Å². The Morgan fingerprint density at radius 3 is 2.18 bits per heavy atom. The molecule has 0 saturated heterocycles. The number of nitrogens with one attached hydrogen (secondary N) is 2. The van der Waals surface area contributed by atoms with Crippen LogP contribution in [0.25, 0.3) is 11.1 Å². The van der Waals surface area contributed by atoms with Gasteiger partial charge in [-0.05, 0) is 40.0 Å². The second kappa shape index (κ2) is 11.2. The van der Waals surface area contributed by atoms with Gasteiger partial charge in [-0.25, -0.2) is 4.79 Å². The maximum atomic E-state index is 12.3. The van der Waals surface area contributed by atoms with Crippen molar-refractivity contribution in [2.75, 3.05) is 19.7 Å². The molecular weight excluding hydrogens is 432 g/mol. The molecule has 1 aliphatic rings. The van der Waals surface area contributed by atoms with Gasteiger partial charge in [-0.15, -0.1) is 0 Å². The molecule has 3 rings (SSSR count). The van der Waals surface area contributed by atoms with Crippen molar-refractivity contribution >= 4 is 18.0 Å². The van der Waals surface area contributed by atoms with E-state index in [1.54, 1.807) is 0 Å². The fraction of sp³-hybridized carbons (Fsp3) is 0.444. The summed E-state index contributed by atoms with van der Waals surface area (Å²) in [6.45, 7) is 6.57. The molecule has 0 aliphatic heterocycles. The van der Waals surface area contributed by atoms with Crippen molar-refractivity contribution in [3.05, 3.63) is 59.7 Å². The molecule has 1 atom stereocenters. The van der Waals surface area contributed by atoms with E-state index in [9.17, 15) is 14.4 Å². The summed E-state index contributed by atoms with van der Waals surface area (Å²) >= 11 is 0. The molecule has 34 heavy (non-hydrogen) atoms. The van der Waals surface area contributed by atoms with Crippen LogP contribution in [0.15, 0.2) is 48.5 Å². The Morgan fingerprint density at radius 1 is 1.00 bits per heavy atom. The Hall–Kier alpha value is -3.35. The van der Waals surface area contributed by atoms with E-state index in [-0.39, 0.29) is 30.8 Å². The third kappa shape index (κ3) is 6.83. The van der Waals surface area contributed by atoms with E-state index in [1.165, 1.54) is 22.3 Å². The first-order chi connectivity index (χ1) is 16.2. The van der Waals surface area contributed by atoms with Gasteiger partial charge in [-0.3, -0.25) is 9.59 Å². The first-order valence-corrected chi connectivity index (χ1v) is 11.7. The minimum Gasteiger partial charge on any atom is -0.481 e. The van der Waals surface area contributed by atoms with Crippen LogP contribution in [-0.2, 0) is 14.3 Å². The minimum absolute atomic E-state index is 0.00621. The summed E-state index contributed by atoms with van der Waals surface area (Å²) in [5.41, 5.74) is 4.21. The number of carboxylic acids is 1. The summed E-state index contributed by atoms with van der Waals surface area (Å²) in [6, 6.07) is 16.4. The molecule has 7 heteroatoms. The van der Waals surface area contributed by atoms with Gasteiger partial charge in [0.05, 0.1) is 6.42 Å². The van der Waals surface area contributed by atoms with Gasteiger partial charge in [-0.1, -0.05) is 69.3 Å². The number of hydrogen-bond acceptors (Lipinski definition) is 4. The summed E-state index contributed by atoms with van der Waals surface area (Å²) in [5.74, 6) is -0.887. The lowest BCUT2D eigenvalue weighted by molar-refractivity contribution is -0.139. The highest BCUT2D eigenvalue weighted by molar-refractivity contribution is 5.79. The van der Waals surface area contributed by atoms with E-state index in [4.69, 9.17) is 9.84 Å². The molecule has 2 amide bonds. The van der Waals surface area contributed by atoms with Crippen molar-refractivity contribution in [3.8, 4) is 11.1 Å². The van der Waals surface area contributed by atoms with Crippen molar-refractivity contribution in [1.82, 2.24) is 10.6 Å². The van der Waals surface area contributed by atoms with E-state index < -0.39 is 17.5 Å². The van der Waals surface area contributed by atoms with Crippen LogP contribution in [0.5, 0.6) is 0 Å². The third-order valence-electron chi connectivity index (χ3n) is 6.20. The number of carboxylic acid groups (broad SMARTS) is 1. The van der Waals surface area contributed by atoms with Crippen molar-refractivity contribution in [3.63, 3.8) is 0 Å². The number of hydrogen-bond donors (Lipinski definition) is 3. The van der Waals surface area contributed by atoms with E-state index >= 15 is 0 Å². The zero-order chi connectivity index (χ0) is 24.7. The smallest absolute Gasteiger partial charge is 0.407 e. The number of benzene rings is 2. The zero-order valence-corrected chi connectivity index (χ0v) is 20.1. The molecule has 2 aromatic rings. The van der Waals surface area contributed by atoms with Crippen molar-refractivity contribution < 1.29 is 24.2 Å². The number of aliphatic carboxylic acids is 1. The maximum Gasteiger partial charge on any atom is 0.407 e. The number of carbonyl (C=O) groups excluding carboxylic acids is 2. The van der Waals surface area contributed by atoms with Crippen LogP contribution in [0.4, 0.5) is 4.79 Å². The highest BCUT2D eigenvalue weighted by Crippen LogP contribution is 2.44. The molecule has 0 spiro atoms. The molecule has 1 aliphatic carbocycles. The van der Waals surface area contributed by atoms with Crippen LogP contribution in [0.2, 0.25) is 0 Å². The Bertz CT molecular complexity index is 988. The molecule has 1 unspecified atom stereocenters. The number of carbonyl (C=O) groups is 3. The van der Waals surface area contributed by atoms with E-state index in [2.05, 4.69) is 34.9 Å². The number of ether oxygens (including phenoxy) is 1. The summed E-state index contributed by atoms with van der Waals surface area (Å²) < 4.78 is 5.55. The Balaban J connectivity index is 1.39. The van der Waals surface area contributed by atoms with Gasteiger partial charge in [0.1, 0.15) is 6.61 Å². The minimum atomic E-state index is -0.882. The van der Waals surface area contributed by atoms with Crippen LogP contribution in [0, 0.1) is 11.3 Å². The predicted molar refractivity (Wildman–Crippen MR) is 131 cm³/mol. The fourth-order valence-corrected chi connectivity index (χ4v) is 4.28. The molecular formula is C27H34N2O5.